The fourth-order valence-electron chi connectivity index (χ4n) is 2.26. The van der Waals surface area contributed by atoms with Crippen LogP contribution in [0.2, 0.25) is 0 Å². The number of anilines is 2. The van der Waals surface area contributed by atoms with Crippen molar-refractivity contribution in [3.05, 3.63) is 67.0 Å². The highest BCUT2D eigenvalue weighted by Gasteiger charge is 2.27. The summed E-state index contributed by atoms with van der Waals surface area (Å²) in [5, 5.41) is 2.64. The number of hydrogen-bond acceptors (Lipinski definition) is 4. The van der Waals surface area contributed by atoms with Crippen LogP contribution in [0, 0.1) is 5.82 Å². The van der Waals surface area contributed by atoms with Crippen LogP contribution < -0.4 is 14.4 Å². The minimum absolute atomic E-state index is 0.174. The van der Waals surface area contributed by atoms with Crippen LogP contribution in [0.5, 0.6) is 5.75 Å². The molecule has 0 saturated carbocycles. The molecule has 1 amide bonds. The van der Waals surface area contributed by atoms with Crippen LogP contribution in [0.4, 0.5) is 15.8 Å². The van der Waals surface area contributed by atoms with Gasteiger partial charge in [0.2, 0.25) is 5.91 Å². The van der Waals surface area contributed by atoms with E-state index in [0.29, 0.717) is 18.0 Å². The highest BCUT2D eigenvalue weighted by molar-refractivity contribution is 7.90. The second-order valence-electron chi connectivity index (χ2n) is 5.95. The number of amides is 1. The fraction of sp³-hybridized carbons (Fsp3) is 0.211. The van der Waals surface area contributed by atoms with E-state index in [2.05, 4.69) is 11.9 Å². The second-order valence-corrected chi connectivity index (χ2v) is 8.02. The van der Waals surface area contributed by atoms with Gasteiger partial charge in [0, 0.05) is 25.8 Å². The van der Waals surface area contributed by atoms with Gasteiger partial charge in [0.1, 0.15) is 24.7 Å². The molecule has 150 valence electrons. The Morgan fingerprint density at radius 3 is 2.50 bits per heavy atom. The van der Waals surface area contributed by atoms with Crippen LogP contribution in [-0.2, 0) is 15.0 Å². The summed E-state index contributed by atoms with van der Waals surface area (Å²) in [6.07, 6.45) is 1.60. The molecule has 0 radical (unpaired) electrons. The molecule has 0 aromatic heterocycles. The molecule has 0 fully saturated rings. The zero-order valence-corrected chi connectivity index (χ0v) is 16.4. The van der Waals surface area contributed by atoms with Crippen LogP contribution in [-0.4, -0.2) is 45.9 Å². The first-order valence-electron chi connectivity index (χ1n) is 8.33. The number of halogens is 1. The van der Waals surface area contributed by atoms with Gasteiger partial charge in [-0.05, 0) is 36.4 Å². The van der Waals surface area contributed by atoms with E-state index in [1.54, 1.807) is 30.3 Å². The maximum absolute atomic E-state index is 13.2. The highest BCUT2D eigenvalue weighted by Crippen LogP contribution is 2.21. The third kappa shape index (κ3) is 5.54. The standard InChI is InChI=1S/C19H22FN3O4S/c1-4-12-27-18-7-5-6-16(13-18)21-19(24)14-23(28(25,26)22(2)3)17-10-8-15(20)9-11-17/h4-11,13H,1,12,14H2,2-3H3,(H,21,24). The predicted octanol–water partition coefficient (Wildman–Crippen LogP) is 2.64. The zero-order chi connectivity index (χ0) is 20.7. The lowest BCUT2D eigenvalue weighted by molar-refractivity contribution is -0.114. The summed E-state index contributed by atoms with van der Waals surface area (Å²) < 4.78 is 45.7. The molecule has 7 nitrogen and oxygen atoms in total. The summed E-state index contributed by atoms with van der Waals surface area (Å²) >= 11 is 0. The molecule has 0 aliphatic heterocycles. The van der Waals surface area contributed by atoms with Crippen LogP contribution in [0.15, 0.2) is 61.2 Å². The van der Waals surface area contributed by atoms with E-state index in [0.717, 1.165) is 20.7 Å². The Kier molecular flexibility index (Phi) is 7.13. The normalized spacial score (nSPS) is 11.1. The molecule has 2 rings (SSSR count). The molecular formula is C19H22FN3O4S. The summed E-state index contributed by atoms with van der Waals surface area (Å²) in [4.78, 5) is 12.5. The lowest BCUT2D eigenvalue weighted by Gasteiger charge is -2.26. The maximum Gasteiger partial charge on any atom is 0.304 e. The third-order valence-corrected chi connectivity index (χ3v) is 5.45. The van der Waals surface area contributed by atoms with E-state index < -0.39 is 28.5 Å². The fourth-order valence-corrected chi connectivity index (χ4v) is 3.32. The molecule has 0 aliphatic carbocycles. The predicted molar refractivity (Wildman–Crippen MR) is 107 cm³/mol. The summed E-state index contributed by atoms with van der Waals surface area (Å²) in [6, 6.07) is 11.5. The molecule has 0 saturated heterocycles. The quantitative estimate of drug-likeness (QED) is 0.648. The Hall–Kier alpha value is -2.91. The van der Waals surface area contributed by atoms with Gasteiger partial charge in [-0.1, -0.05) is 18.7 Å². The first kappa shape index (κ1) is 21.4. The smallest absolute Gasteiger partial charge is 0.304 e. The van der Waals surface area contributed by atoms with Gasteiger partial charge in [0.05, 0.1) is 5.69 Å². The topological polar surface area (TPSA) is 79.0 Å². The number of ether oxygens (including phenoxy) is 1. The van der Waals surface area contributed by atoms with Crippen LogP contribution in [0.1, 0.15) is 0 Å². The van der Waals surface area contributed by atoms with E-state index in [-0.39, 0.29) is 5.69 Å². The average molecular weight is 407 g/mol. The van der Waals surface area contributed by atoms with Crippen molar-refractivity contribution in [2.45, 2.75) is 0 Å². The molecule has 28 heavy (non-hydrogen) atoms. The molecular weight excluding hydrogens is 385 g/mol. The van der Waals surface area contributed by atoms with Crippen molar-refractivity contribution in [2.24, 2.45) is 0 Å². The number of rotatable bonds is 9. The maximum atomic E-state index is 13.2. The largest absolute Gasteiger partial charge is 0.489 e. The van der Waals surface area contributed by atoms with Gasteiger partial charge in [-0.3, -0.25) is 4.79 Å². The van der Waals surface area contributed by atoms with E-state index in [1.165, 1.54) is 26.2 Å². The van der Waals surface area contributed by atoms with Gasteiger partial charge in [-0.25, -0.2) is 8.70 Å². The zero-order valence-electron chi connectivity index (χ0n) is 15.6. The van der Waals surface area contributed by atoms with E-state index >= 15 is 0 Å². The number of nitrogens with one attached hydrogen (secondary N) is 1. The lowest BCUT2D eigenvalue weighted by Crippen LogP contribution is -2.44. The Balaban J connectivity index is 2.21. The molecule has 0 spiro atoms. The van der Waals surface area contributed by atoms with Gasteiger partial charge in [0.15, 0.2) is 0 Å². The summed E-state index contributed by atoms with van der Waals surface area (Å²) in [7, 11) is -1.26. The molecule has 0 unspecified atom stereocenters. The van der Waals surface area contributed by atoms with Gasteiger partial charge in [0.25, 0.3) is 0 Å². The number of carbonyl (C=O) groups is 1. The monoisotopic (exact) mass is 407 g/mol. The Labute approximate surface area is 164 Å². The minimum atomic E-state index is -3.96. The lowest BCUT2D eigenvalue weighted by atomic mass is 10.3. The van der Waals surface area contributed by atoms with Crippen molar-refractivity contribution in [3.63, 3.8) is 0 Å². The van der Waals surface area contributed by atoms with Crippen molar-refractivity contribution < 1.29 is 22.3 Å². The van der Waals surface area contributed by atoms with Crippen LogP contribution in [0.3, 0.4) is 0 Å². The van der Waals surface area contributed by atoms with E-state index in [9.17, 15) is 17.6 Å². The SMILES string of the molecule is C=CCOc1cccc(NC(=O)CN(c2ccc(F)cc2)S(=O)(=O)N(C)C)c1. The van der Waals surface area contributed by atoms with Gasteiger partial charge in [-0.15, -0.1) is 0 Å². The third-order valence-electron chi connectivity index (χ3n) is 3.63. The van der Waals surface area contributed by atoms with Crippen LogP contribution in [0.25, 0.3) is 0 Å². The second kappa shape index (κ2) is 9.34. The Morgan fingerprint density at radius 2 is 1.89 bits per heavy atom. The summed E-state index contributed by atoms with van der Waals surface area (Å²) in [5.41, 5.74) is 0.626. The van der Waals surface area contributed by atoms with Gasteiger partial charge < -0.3 is 10.1 Å². The van der Waals surface area contributed by atoms with Gasteiger partial charge >= 0.3 is 10.2 Å². The molecule has 2 aromatic carbocycles. The molecule has 1 N–H and O–H groups in total. The van der Waals surface area contributed by atoms with Crippen LogP contribution >= 0.6 is 0 Å². The minimum Gasteiger partial charge on any atom is -0.489 e. The number of carbonyl (C=O) groups excluding carboxylic acids is 1. The first-order chi connectivity index (χ1) is 13.2. The summed E-state index contributed by atoms with van der Waals surface area (Å²) in [6.45, 7) is 3.40. The highest BCUT2D eigenvalue weighted by atomic mass is 32.2. The molecule has 9 heteroatoms. The van der Waals surface area contributed by atoms with Crippen molar-refractivity contribution in [1.82, 2.24) is 4.31 Å². The Morgan fingerprint density at radius 1 is 1.21 bits per heavy atom. The molecule has 0 atom stereocenters. The molecule has 2 aromatic rings. The molecule has 0 aliphatic rings. The molecule has 0 heterocycles. The summed E-state index contributed by atoms with van der Waals surface area (Å²) in [5.74, 6) is -0.531. The van der Waals surface area contributed by atoms with Crippen molar-refractivity contribution in [3.8, 4) is 5.75 Å². The Bertz CT molecular complexity index is 930. The van der Waals surface area contributed by atoms with Crippen molar-refractivity contribution in [1.29, 1.82) is 0 Å². The van der Waals surface area contributed by atoms with E-state index in [4.69, 9.17) is 4.74 Å². The van der Waals surface area contributed by atoms with Gasteiger partial charge in [-0.2, -0.15) is 12.7 Å². The first-order valence-corrected chi connectivity index (χ1v) is 9.73. The van der Waals surface area contributed by atoms with Crippen molar-refractivity contribution in [2.75, 3.05) is 36.9 Å². The molecule has 0 bridgehead atoms. The number of benzene rings is 2. The number of nitrogens with zero attached hydrogens (tertiary/aromatic N) is 2. The van der Waals surface area contributed by atoms with E-state index in [1.807, 2.05) is 0 Å². The average Bonchev–Trinajstić information content (AvgIpc) is 2.65. The number of hydrogen-bond donors (Lipinski definition) is 1. The van der Waals surface area contributed by atoms with Crippen molar-refractivity contribution >= 4 is 27.5 Å².